The molecular formula is C14H24N2O. The fourth-order valence-corrected chi connectivity index (χ4v) is 1.72. The summed E-state index contributed by atoms with van der Waals surface area (Å²) in [5.41, 5.74) is 8.06. The molecule has 0 saturated heterocycles. The largest absolute Gasteiger partial charge is 0.379 e. The first-order valence-electron chi connectivity index (χ1n) is 6.04. The van der Waals surface area contributed by atoms with Crippen LogP contribution in [0.15, 0.2) is 24.3 Å². The fraction of sp³-hybridized carbons (Fsp3) is 0.571. The maximum absolute atomic E-state index is 5.75. The lowest BCUT2D eigenvalue weighted by molar-refractivity contribution is 0.0174. The maximum atomic E-state index is 5.75. The predicted octanol–water partition coefficient (Wildman–Crippen LogP) is 2.40. The Morgan fingerprint density at radius 1 is 1.29 bits per heavy atom. The van der Waals surface area contributed by atoms with E-state index in [4.69, 9.17) is 10.5 Å². The van der Waals surface area contributed by atoms with Crippen LogP contribution in [0.3, 0.4) is 0 Å². The van der Waals surface area contributed by atoms with Crippen molar-refractivity contribution >= 4 is 5.69 Å². The Hall–Kier alpha value is -1.06. The third-order valence-corrected chi connectivity index (χ3v) is 3.22. The second-order valence-corrected chi connectivity index (χ2v) is 4.97. The molecule has 1 aromatic carbocycles. The van der Waals surface area contributed by atoms with Gasteiger partial charge in [-0.15, -0.1) is 0 Å². The van der Waals surface area contributed by atoms with E-state index in [1.54, 1.807) is 7.11 Å². The Morgan fingerprint density at radius 2 is 1.94 bits per heavy atom. The first kappa shape index (κ1) is 14.0. The van der Waals surface area contributed by atoms with E-state index in [0.29, 0.717) is 6.54 Å². The van der Waals surface area contributed by atoms with Crippen LogP contribution in [0.2, 0.25) is 0 Å². The van der Waals surface area contributed by atoms with Crippen molar-refractivity contribution in [2.75, 3.05) is 25.6 Å². The summed E-state index contributed by atoms with van der Waals surface area (Å²) in [6.45, 7) is 5.75. The summed E-state index contributed by atoms with van der Waals surface area (Å²) in [6.07, 6.45) is 0.985. The summed E-state index contributed by atoms with van der Waals surface area (Å²) in [5.74, 6) is 0. The summed E-state index contributed by atoms with van der Waals surface area (Å²) >= 11 is 0. The summed E-state index contributed by atoms with van der Waals surface area (Å²) in [6, 6.07) is 8.26. The van der Waals surface area contributed by atoms with Gasteiger partial charge in [0, 0.05) is 32.9 Å². The number of hydrogen-bond acceptors (Lipinski definition) is 3. The average Bonchev–Trinajstić information content (AvgIpc) is 2.36. The highest BCUT2D eigenvalue weighted by atomic mass is 16.5. The van der Waals surface area contributed by atoms with Gasteiger partial charge >= 0.3 is 0 Å². The number of methoxy groups -OCH3 is 1. The van der Waals surface area contributed by atoms with Crippen molar-refractivity contribution in [3.05, 3.63) is 29.8 Å². The lowest BCUT2D eigenvalue weighted by Gasteiger charge is -2.28. The van der Waals surface area contributed by atoms with E-state index in [9.17, 15) is 0 Å². The molecule has 0 aliphatic carbocycles. The van der Waals surface area contributed by atoms with Gasteiger partial charge in [-0.05, 0) is 31.9 Å². The lowest BCUT2D eigenvalue weighted by Crippen LogP contribution is -2.30. The predicted molar refractivity (Wildman–Crippen MR) is 73.3 cm³/mol. The quantitative estimate of drug-likeness (QED) is 0.824. The molecule has 0 aromatic heterocycles. The van der Waals surface area contributed by atoms with Crippen molar-refractivity contribution in [3.8, 4) is 0 Å². The number of anilines is 1. The van der Waals surface area contributed by atoms with Crippen LogP contribution in [0.25, 0.3) is 0 Å². The molecule has 0 saturated carbocycles. The molecule has 1 aromatic rings. The second-order valence-electron chi connectivity index (χ2n) is 4.97. The van der Waals surface area contributed by atoms with Crippen molar-refractivity contribution in [3.63, 3.8) is 0 Å². The minimum Gasteiger partial charge on any atom is -0.379 e. The molecule has 0 radical (unpaired) electrons. The smallest absolute Gasteiger partial charge is 0.0639 e. The van der Waals surface area contributed by atoms with Crippen LogP contribution in [-0.2, 0) is 11.3 Å². The molecule has 0 aliphatic rings. The number of rotatable bonds is 6. The SMILES string of the molecule is COC(C)(C)CCN(C)c1ccccc1CN. The van der Waals surface area contributed by atoms with Gasteiger partial charge in [0.05, 0.1) is 5.60 Å². The molecule has 0 aliphatic heterocycles. The zero-order chi connectivity index (χ0) is 12.9. The third-order valence-electron chi connectivity index (χ3n) is 3.22. The van der Waals surface area contributed by atoms with Gasteiger partial charge < -0.3 is 15.4 Å². The highest BCUT2D eigenvalue weighted by Crippen LogP contribution is 2.21. The van der Waals surface area contributed by atoms with Gasteiger partial charge in [-0.3, -0.25) is 0 Å². The molecule has 17 heavy (non-hydrogen) atoms. The molecule has 0 fully saturated rings. The Balaban J connectivity index is 2.67. The Labute approximate surface area is 105 Å². The average molecular weight is 236 g/mol. The first-order valence-corrected chi connectivity index (χ1v) is 6.04. The molecule has 96 valence electrons. The van der Waals surface area contributed by atoms with Crippen molar-refractivity contribution in [2.24, 2.45) is 5.73 Å². The van der Waals surface area contributed by atoms with E-state index in [1.807, 2.05) is 12.1 Å². The summed E-state index contributed by atoms with van der Waals surface area (Å²) in [7, 11) is 3.86. The number of nitrogens with two attached hydrogens (primary N) is 1. The van der Waals surface area contributed by atoms with Crippen LogP contribution in [0.5, 0.6) is 0 Å². The van der Waals surface area contributed by atoms with Gasteiger partial charge in [0.25, 0.3) is 0 Å². The van der Waals surface area contributed by atoms with Crippen LogP contribution in [0, 0.1) is 0 Å². The van der Waals surface area contributed by atoms with E-state index in [2.05, 4.69) is 37.9 Å². The molecule has 3 heteroatoms. The Kier molecular flexibility index (Phi) is 4.97. The molecule has 2 N–H and O–H groups in total. The van der Waals surface area contributed by atoms with Crippen LogP contribution in [0.4, 0.5) is 5.69 Å². The van der Waals surface area contributed by atoms with Crippen molar-refractivity contribution in [1.82, 2.24) is 0 Å². The topological polar surface area (TPSA) is 38.5 Å². The van der Waals surface area contributed by atoms with E-state index in [-0.39, 0.29) is 5.60 Å². The molecule has 0 heterocycles. The summed E-state index contributed by atoms with van der Waals surface area (Å²) in [5, 5.41) is 0. The van der Waals surface area contributed by atoms with Crippen molar-refractivity contribution in [1.29, 1.82) is 0 Å². The normalized spacial score (nSPS) is 11.6. The van der Waals surface area contributed by atoms with Gasteiger partial charge in [-0.1, -0.05) is 18.2 Å². The van der Waals surface area contributed by atoms with Gasteiger partial charge in [-0.25, -0.2) is 0 Å². The van der Waals surface area contributed by atoms with Gasteiger partial charge in [0.1, 0.15) is 0 Å². The van der Waals surface area contributed by atoms with Crippen LogP contribution < -0.4 is 10.6 Å². The molecule has 0 unspecified atom stereocenters. The van der Waals surface area contributed by atoms with E-state index in [1.165, 1.54) is 11.3 Å². The van der Waals surface area contributed by atoms with E-state index in [0.717, 1.165) is 13.0 Å². The third kappa shape index (κ3) is 4.02. The number of para-hydroxylation sites is 1. The van der Waals surface area contributed by atoms with Gasteiger partial charge in [0.15, 0.2) is 0 Å². The highest BCUT2D eigenvalue weighted by molar-refractivity contribution is 5.52. The number of hydrogen-bond donors (Lipinski definition) is 1. The molecular weight excluding hydrogens is 212 g/mol. The van der Waals surface area contributed by atoms with Crippen molar-refractivity contribution in [2.45, 2.75) is 32.4 Å². The molecule has 3 nitrogen and oxygen atoms in total. The van der Waals surface area contributed by atoms with Gasteiger partial charge in [-0.2, -0.15) is 0 Å². The molecule has 0 bridgehead atoms. The molecule has 1 rings (SSSR count). The number of benzene rings is 1. The first-order chi connectivity index (χ1) is 8.00. The van der Waals surface area contributed by atoms with Crippen LogP contribution in [0.1, 0.15) is 25.8 Å². The molecule has 0 spiro atoms. The summed E-state index contributed by atoms with van der Waals surface area (Å²) in [4.78, 5) is 2.24. The Morgan fingerprint density at radius 3 is 2.53 bits per heavy atom. The summed E-state index contributed by atoms with van der Waals surface area (Å²) < 4.78 is 5.43. The van der Waals surface area contributed by atoms with E-state index < -0.39 is 0 Å². The minimum absolute atomic E-state index is 0.0775. The molecule has 0 atom stereocenters. The Bertz CT molecular complexity index is 350. The standard InChI is InChI=1S/C14H24N2O/c1-14(2,17-4)9-10-16(3)13-8-6-5-7-12(13)11-15/h5-8H,9-11,15H2,1-4H3. The minimum atomic E-state index is -0.0775. The highest BCUT2D eigenvalue weighted by Gasteiger charge is 2.17. The number of ether oxygens (including phenoxy) is 1. The fourth-order valence-electron chi connectivity index (χ4n) is 1.72. The van der Waals surface area contributed by atoms with Crippen LogP contribution in [-0.4, -0.2) is 26.3 Å². The van der Waals surface area contributed by atoms with E-state index >= 15 is 0 Å². The maximum Gasteiger partial charge on any atom is 0.0639 e. The zero-order valence-electron chi connectivity index (χ0n) is 11.4. The van der Waals surface area contributed by atoms with Gasteiger partial charge in [0.2, 0.25) is 0 Å². The second kappa shape index (κ2) is 6.03. The van der Waals surface area contributed by atoms with Crippen molar-refractivity contribution < 1.29 is 4.74 Å². The van der Waals surface area contributed by atoms with Crippen LogP contribution >= 0.6 is 0 Å². The monoisotopic (exact) mass is 236 g/mol. The number of nitrogens with zero attached hydrogens (tertiary/aromatic N) is 1. The molecule has 0 amide bonds. The lowest BCUT2D eigenvalue weighted by atomic mass is 10.0. The zero-order valence-corrected chi connectivity index (χ0v) is 11.4.